The second-order valence-electron chi connectivity index (χ2n) is 5.82. The van der Waals surface area contributed by atoms with Gasteiger partial charge < -0.3 is 10.1 Å². The molecule has 124 valence electrons. The molecule has 0 saturated carbocycles. The smallest absolute Gasteiger partial charge is 0.159 e. The first-order chi connectivity index (χ1) is 11.6. The van der Waals surface area contributed by atoms with E-state index in [1.54, 1.807) is 13.2 Å². The van der Waals surface area contributed by atoms with Crippen LogP contribution in [0.4, 0.5) is 8.78 Å². The minimum atomic E-state index is -0.823. The molecule has 0 bridgehead atoms. The highest BCUT2D eigenvalue weighted by Gasteiger charge is 2.09. The number of hydrogen-bond acceptors (Lipinski definition) is 2. The summed E-state index contributed by atoms with van der Waals surface area (Å²) < 4.78 is 31.6. The highest BCUT2D eigenvalue weighted by Crippen LogP contribution is 2.22. The zero-order valence-electron chi connectivity index (χ0n) is 13.6. The van der Waals surface area contributed by atoms with E-state index in [1.807, 2.05) is 31.2 Å². The number of methoxy groups -OCH3 is 1. The monoisotopic (exact) mass is 327 g/mol. The van der Waals surface area contributed by atoms with E-state index in [2.05, 4.69) is 17.4 Å². The van der Waals surface area contributed by atoms with Crippen molar-refractivity contribution in [3.8, 4) is 5.75 Å². The predicted molar refractivity (Wildman–Crippen MR) is 92.1 cm³/mol. The number of fused-ring (bicyclic) bond motifs is 1. The average Bonchev–Trinajstić information content (AvgIpc) is 2.61. The molecule has 2 nitrogen and oxygen atoms in total. The van der Waals surface area contributed by atoms with Gasteiger partial charge in [0.1, 0.15) is 5.75 Å². The lowest BCUT2D eigenvalue weighted by Gasteiger charge is -2.15. The van der Waals surface area contributed by atoms with Crippen LogP contribution in [0.3, 0.4) is 0 Å². The van der Waals surface area contributed by atoms with Gasteiger partial charge >= 0.3 is 0 Å². The summed E-state index contributed by atoms with van der Waals surface area (Å²) in [6, 6.07) is 16.1. The van der Waals surface area contributed by atoms with Crippen LogP contribution in [-0.4, -0.2) is 7.11 Å². The second-order valence-corrected chi connectivity index (χ2v) is 5.82. The Morgan fingerprint density at radius 1 is 0.917 bits per heavy atom. The summed E-state index contributed by atoms with van der Waals surface area (Å²) in [5.74, 6) is -0.808. The molecule has 0 radical (unpaired) electrons. The van der Waals surface area contributed by atoms with E-state index in [1.165, 1.54) is 6.07 Å². The fourth-order valence-electron chi connectivity index (χ4n) is 2.68. The van der Waals surface area contributed by atoms with Gasteiger partial charge in [0.15, 0.2) is 11.6 Å². The summed E-state index contributed by atoms with van der Waals surface area (Å²) in [5, 5.41) is 5.59. The van der Waals surface area contributed by atoms with Crippen molar-refractivity contribution in [1.29, 1.82) is 0 Å². The molecule has 3 aromatic rings. The van der Waals surface area contributed by atoms with Gasteiger partial charge in [-0.2, -0.15) is 0 Å². The third kappa shape index (κ3) is 3.54. The molecule has 24 heavy (non-hydrogen) atoms. The van der Waals surface area contributed by atoms with E-state index < -0.39 is 11.6 Å². The van der Waals surface area contributed by atoms with Crippen molar-refractivity contribution in [3.63, 3.8) is 0 Å². The van der Waals surface area contributed by atoms with Gasteiger partial charge in [-0.3, -0.25) is 0 Å². The molecule has 3 rings (SSSR count). The molecule has 0 spiro atoms. The van der Waals surface area contributed by atoms with E-state index in [0.717, 1.165) is 33.7 Å². The Balaban J connectivity index is 1.71. The molecule has 4 heteroatoms. The van der Waals surface area contributed by atoms with Gasteiger partial charge in [0.25, 0.3) is 0 Å². The lowest BCUT2D eigenvalue weighted by atomic mass is 10.1. The minimum Gasteiger partial charge on any atom is -0.497 e. The highest BCUT2D eigenvalue weighted by molar-refractivity contribution is 5.84. The zero-order valence-corrected chi connectivity index (χ0v) is 13.6. The first-order valence-electron chi connectivity index (χ1n) is 7.82. The lowest BCUT2D eigenvalue weighted by Crippen LogP contribution is -2.18. The van der Waals surface area contributed by atoms with Crippen LogP contribution in [0.15, 0.2) is 54.6 Å². The maximum Gasteiger partial charge on any atom is 0.159 e. The van der Waals surface area contributed by atoms with Gasteiger partial charge in [-0.15, -0.1) is 0 Å². The van der Waals surface area contributed by atoms with Gasteiger partial charge in [0.05, 0.1) is 7.11 Å². The Hall–Kier alpha value is -2.46. The average molecular weight is 327 g/mol. The fraction of sp³-hybridized carbons (Fsp3) is 0.200. The van der Waals surface area contributed by atoms with Gasteiger partial charge in [0, 0.05) is 12.6 Å². The molecular weight excluding hydrogens is 308 g/mol. The van der Waals surface area contributed by atoms with Crippen LogP contribution in [-0.2, 0) is 6.54 Å². The standard InChI is InChI=1S/C20H19F2NO/c1-13(15-6-8-19(21)20(22)11-15)23-12-14-3-4-17-10-18(24-2)7-5-16(17)9-14/h3-11,13,23H,12H2,1-2H3/t13-/m0/s1. The predicted octanol–water partition coefficient (Wildman–Crippen LogP) is 4.98. The number of hydrogen-bond donors (Lipinski definition) is 1. The van der Waals surface area contributed by atoms with E-state index >= 15 is 0 Å². The van der Waals surface area contributed by atoms with Crippen LogP contribution in [0.2, 0.25) is 0 Å². The zero-order chi connectivity index (χ0) is 17.1. The molecule has 1 atom stereocenters. The van der Waals surface area contributed by atoms with E-state index in [-0.39, 0.29) is 6.04 Å². The number of ether oxygens (including phenoxy) is 1. The Kier molecular flexibility index (Phi) is 4.76. The molecule has 0 aliphatic carbocycles. The molecule has 0 aliphatic rings. The summed E-state index contributed by atoms with van der Waals surface area (Å²) in [6.07, 6.45) is 0. The van der Waals surface area contributed by atoms with Crippen LogP contribution < -0.4 is 10.1 Å². The molecule has 0 aromatic heterocycles. The Bertz CT molecular complexity index is 863. The van der Waals surface area contributed by atoms with Gasteiger partial charge in [-0.25, -0.2) is 8.78 Å². The van der Waals surface area contributed by atoms with Crippen LogP contribution in [0.1, 0.15) is 24.1 Å². The summed E-state index contributed by atoms with van der Waals surface area (Å²) in [6.45, 7) is 2.57. The first-order valence-corrected chi connectivity index (χ1v) is 7.82. The van der Waals surface area contributed by atoms with E-state index in [0.29, 0.717) is 6.54 Å². The third-order valence-electron chi connectivity index (χ3n) is 4.17. The summed E-state index contributed by atoms with van der Waals surface area (Å²) in [5.41, 5.74) is 1.85. The Morgan fingerprint density at radius 2 is 1.67 bits per heavy atom. The molecule has 0 fully saturated rings. The molecule has 1 N–H and O–H groups in total. The molecule has 0 unspecified atom stereocenters. The maximum absolute atomic E-state index is 13.3. The number of nitrogens with one attached hydrogen (secondary N) is 1. The first kappa shape index (κ1) is 16.4. The number of benzene rings is 3. The summed E-state index contributed by atoms with van der Waals surface area (Å²) in [7, 11) is 1.65. The highest BCUT2D eigenvalue weighted by atomic mass is 19.2. The van der Waals surface area contributed by atoms with Crippen molar-refractivity contribution >= 4 is 10.8 Å². The van der Waals surface area contributed by atoms with Crippen LogP contribution in [0.25, 0.3) is 10.8 Å². The lowest BCUT2D eigenvalue weighted by molar-refractivity contribution is 0.415. The van der Waals surface area contributed by atoms with Gasteiger partial charge in [-0.05, 0) is 59.2 Å². The van der Waals surface area contributed by atoms with Gasteiger partial charge in [0.2, 0.25) is 0 Å². The number of halogens is 2. The van der Waals surface area contributed by atoms with Crippen molar-refractivity contribution in [2.75, 3.05) is 7.11 Å². The van der Waals surface area contributed by atoms with Crippen LogP contribution in [0.5, 0.6) is 5.75 Å². The summed E-state index contributed by atoms with van der Waals surface area (Å²) >= 11 is 0. The van der Waals surface area contributed by atoms with Crippen molar-refractivity contribution in [3.05, 3.63) is 77.4 Å². The largest absolute Gasteiger partial charge is 0.497 e. The Labute approximate surface area is 140 Å². The van der Waals surface area contributed by atoms with Crippen molar-refractivity contribution in [2.24, 2.45) is 0 Å². The molecular formula is C20H19F2NO. The molecule has 0 aliphatic heterocycles. The molecule has 0 saturated heterocycles. The van der Waals surface area contributed by atoms with Gasteiger partial charge in [-0.1, -0.05) is 24.3 Å². The molecule has 0 heterocycles. The SMILES string of the molecule is COc1ccc2cc(CN[C@@H](C)c3ccc(F)c(F)c3)ccc2c1. The number of rotatable bonds is 5. The summed E-state index contributed by atoms with van der Waals surface area (Å²) in [4.78, 5) is 0. The molecule has 0 amide bonds. The van der Waals surface area contributed by atoms with Crippen molar-refractivity contribution in [1.82, 2.24) is 5.32 Å². The third-order valence-corrected chi connectivity index (χ3v) is 4.17. The second kappa shape index (κ2) is 6.97. The topological polar surface area (TPSA) is 21.3 Å². The van der Waals surface area contributed by atoms with Crippen LogP contribution in [0, 0.1) is 11.6 Å². The van der Waals surface area contributed by atoms with Crippen LogP contribution >= 0.6 is 0 Å². The fourth-order valence-corrected chi connectivity index (χ4v) is 2.68. The maximum atomic E-state index is 13.3. The quantitative estimate of drug-likeness (QED) is 0.714. The normalized spacial score (nSPS) is 12.3. The molecule has 3 aromatic carbocycles. The van der Waals surface area contributed by atoms with E-state index in [9.17, 15) is 8.78 Å². The van der Waals surface area contributed by atoms with Crippen molar-refractivity contribution < 1.29 is 13.5 Å². The minimum absolute atomic E-state index is 0.0772. The van der Waals surface area contributed by atoms with Crippen molar-refractivity contribution in [2.45, 2.75) is 19.5 Å². The van der Waals surface area contributed by atoms with E-state index in [4.69, 9.17) is 4.74 Å². The Morgan fingerprint density at radius 3 is 2.42 bits per heavy atom.